The first kappa shape index (κ1) is 25.9. The predicted octanol–water partition coefficient (Wildman–Crippen LogP) is 3.42. The van der Waals surface area contributed by atoms with E-state index in [0.717, 1.165) is 11.8 Å². The number of benzene rings is 1. The molecule has 3 rings (SSSR count). The molecule has 2 aromatic rings. The summed E-state index contributed by atoms with van der Waals surface area (Å²) in [6, 6.07) is 13.2. The van der Waals surface area contributed by atoms with Gasteiger partial charge in [0.25, 0.3) is 0 Å². The maximum Gasteiger partial charge on any atom is 0.407 e. The van der Waals surface area contributed by atoms with Crippen molar-refractivity contribution in [3.05, 3.63) is 52.6 Å². The lowest BCUT2D eigenvalue weighted by Gasteiger charge is -2.41. The van der Waals surface area contributed by atoms with E-state index in [1.165, 1.54) is 0 Å². The second-order valence-corrected chi connectivity index (χ2v) is 10.2. The lowest BCUT2D eigenvalue weighted by atomic mass is 10.00. The van der Waals surface area contributed by atoms with Crippen molar-refractivity contribution in [2.24, 2.45) is 5.73 Å². The molecule has 0 aliphatic carbocycles. The Morgan fingerprint density at radius 1 is 1.23 bits per heavy atom. The summed E-state index contributed by atoms with van der Waals surface area (Å²) in [7, 11) is 0. The number of primary amides is 1. The van der Waals surface area contributed by atoms with Crippen LogP contribution in [-0.4, -0.2) is 41.7 Å². The van der Waals surface area contributed by atoms with Crippen LogP contribution in [0.1, 0.15) is 55.2 Å². The van der Waals surface area contributed by atoms with Gasteiger partial charge in [0.15, 0.2) is 0 Å². The number of carbonyl (C=O) groups excluding carboxylic acids is 2. The van der Waals surface area contributed by atoms with Crippen molar-refractivity contribution < 1.29 is 14.3 Å². The highest BCUT2D eigenvalue weighted by molar-refractivity contribution is 8.00. The fraction of sp³-hybridized carbons (Fsp3) is 0.400. The zero-order valence-corrected chi connectivity index (χ0v) is 21.0. The van der Waals surface area contributed by atoms with Crippen molar-refractivity contribution in [3.63, 3.8) is 0 Å². The van der Waals surface area contributed by atoms with Crippen molar-refractivity contribution in [3.8, 4) is 12.1 Å². The number of aromatic nitrogens is 1. The first-order chi connectivity index (χ1) is 16.6. The van der Waals surface area contributed by atoms with Crippen molar-refractivity contribution in [1.82, 2.24) is 10.3 Å². The fourth-order valence-electron chi connectivity index (χ4n) is 3.74. The molecule has 1 aromatic heterocycles. The minimum atomic E-state index is -0.751. The van der Waals surface area contributed by atoms with Crippen LogP contribution < -0.4 is 16.0 Å². The maximum absolute atomic E-state index is 12.3. The van der Waals surface area contributed by atoms with E-state index in [9.17, 15) is 20.1 Å². The van der Waals surface area contributed by atoms with Gasteiger partial charge in [-0.2, -0.15) is 10.5 Å². The molecule has 9 nitrogen and oxygen atoms in total. The number of carbonyl (C=O) groups is 2. The molecule has 0 bridgehead atoms. The normalized spacial score (nSPS) is 14.3. The van der Waals surface area contributed by atoms with Gasteiger partial charge in [-0.3, -0.25) is 4.79 Å². The topological polar surface area (TPSA) is 145 Å². The monoisotopic (exact) mass is 492 g/mol. The van der Waals surface area contributed by atoms with Crippen LogP contribution in [0, 0.1) is 22.7 Å². The number of thioether (sulfide) groups is 1. The maximum atomic E-state index is 12.3. The van der Waals surface area contributed by atoms with Crippen LogP contribution in [-0.2, 0) is 16.0 Å². The molecule has 0 saturated carbocycles. The minimum Gasteiger partial charge on any atom is -0.444 e. The number of nitrogens with one attached hydrogen (secondary N) is 1. The molecule has 1 fully saturated rings. The van der Waals surface area contributed by atoms with Gasteiger partial charge in [0.05, 0.1) is 17.2 Å². The van der Waals surface area contributed by atoms with Crippen LogP contribution in [0.25, 0.3) is 0 Å². The van der Waals surface area contributed by atoms with Crippen LogP contribution in [0.3, 0.4) is 0 Å². The second kappa shape index (κ2) is 10.7. The van der Waals surface area contributed by atoms with Gasteiger partial charge in [0, 0.05) is 13.1 Å². The molecule has 2 heterocycles. The van der Waals surface area contributed by atoms with E-state index in [4.69, 9.17) is 10.5 Å². The van der Waals surface area contributed by atoms with Gasteiger partial charge < -0.3 is 20.7 Å². The zero-order valence-electron chi connectivity index (χ0n) is 20.2. The van der Waals surface area contributed by atoms with Crippen molar-refractivity contribution in [2.45, 2.75) is 56.0 Å². The first-order valence-corrected chi connectivity index (χ1v) is 12.1. The third-order valence-electron chi connectivity index (χ3n) is 5.32. The fourth-order valence-corrected chi connectivity index (χ4v) is 4.80. The molecule has 10 heteroatoms. The van der Waals surface area contributed by atoms with Gasteiger partial charge in [-0.05, 0) is 38.3 Å². The Balaban J connectivity index is 1.92. The molecular formula is C25H28N6O3S. The zero-order chi connectivity index (χ0) is 25.8. The summed E-state index contributed by atoms with van der Waals surface area (Å²) in [4.78, 5) is 30.9. The lowest BCUT2D eigenvalue weighted by molar-refractivity contribution is -0.117. The van der Waals surface area contributed by atoms with Crippen LogP contribution in [0.4, 0.5) is 10.6 Å². The first-order valence-electron chi connectivity index (χ1n) is 11.2. The molecule has 1 aliphatic rings. The Morgan fingerprint density at radius 3 is 2.37 bits per heavy atom. The smallest absolute Gasteiger partial charge is 0.407 e. The van der Waals surface area contributed by atoms with Gasteiger partial charge in [-0.1, -0.05) is 49.0 Å². The van der Waals surface area contributed by atoms with Crippen molar-refractivity contribution in [2.75, 3.05) is 18.0 Å². The molecule has 35 heavy (non-hydrogen) atoms. The number of anilines is 1. The van der Waals surface area contributed by atoms with Crippen molar-refractivity contribution in [1.29, 1.82) is 10.5 Å². The van der Waals surface area contributed by atoms with E-state index >= 15 is 0 Å². The number of nitriles is 2. The Hall–Kier alpha value is -3.76. The van der Waals surface area contributed by atoms with Gasteiger partial charge in [-0.25, -0.2) is 9.78 Å². The molecule has 0 radical (unpaired) electrons. The SMILES string of the molecule is CCc1c(C#N)c(SC(C(N)=O)c2ccccc2)nc(N2CC(NC(=O)OC(C)(C)C)C2)c1C#N. The molecule has 182 valence electrons. The summed E-state index contributed by atoms with van der Waals surface area (Å²) in [5.74, 6) is -0.134. The number of pyridine rings is 1. The molecule has 1 aliphatic heterocycles. The van der Waals surface area contributed by atoms with E-state index in [1.807, 2.05) is 30.0 Å². The highest BCUT2D eigenvalue weighted by Crippen LogP contribution is 2.40. The van der Waals surface area contributed by atoms with Crippen LogP contribution in [0.2, 0.25) is 0 Å². The van der Waals surface area contributed by atoms with Crippen LogP contribution in [0.5, 0.6) is 0 Å². The van der Waals surface area contributed by atoms with E-state index in [0.29, 0.717) is 47.0 Å². The standard InChI is InChI=1S/C25H28N6O3S/c1-5-17-18(11-26)22(31-13-16(14-31)29-24(33)34-25(2,3)4)30-23(19(17)12-27)35-20(21(28)32)15-9-7-6-8-10-15/h6-10,16,20H,5,13-14H2,1-4H3,(H2,28,32)(H,29,33). The number of ether oxygens (including phenoxy) is 1. The van der Waals surface area contributed by atoms with Crippen molar-refractivity contribution >= 4 is 29.6 Å². The average molecular weight is 493 g/mol. The third-order valence-corrected chi connectivity index (χ3v) is 6.58. The highest BCUT2D eigenvalue weighted by atomic mass is 32.2. The molecule has 2 amide bonds. The number of hydrogen-bond acceptors (Lipinski definition) is 8. The average Bonchev–Trinajstić information content (AvgIpc) is 2.77. The van der Waals surface area contributed by atoms with Crippen LogP contribution in [0.15, 0.2) is 35.4 Å². The summed E-state index contributed by atoms with van der Waals surface area (Å²) in [6.07, 6.45) is -0.0670. The Bertz CT molecular complexity index is 1190. The largest absolute Gasteiger partial charge is 0.444 e. The third kappa shape index (κ3) is 6.03. The summed E-state index contributed by atoms with van der Waals surface area (Å²) in [5.41, 5.74) is 6.95. The Labute approximate surface area is 209 Å². The molecule has 1 atom stereocenters. The Morgan fingerprint density at radius 2 is 1.86 bits per heavy atom. The number of nitrogens with two attached hydrogens (primary N) is 1. The molecule has 1 saturated heterocycles. The van der Waals surface area contributed by atoms with Gasteiger partial charge in [0.1, 0.15) is 33.8 Å². The number of rotatable bonds is 7. The summed E-state index contributed by atoms with van der Waals surface area (Å²) in [5, 5.41) is 22.2. The van der Waals surface area contributed by atoms with E-state index < -0.39 is 22.9 Å². The number of hydrogen-bond donors (Lipinski definition) is 2. The predicted molar refractivity (Wildman–Crippen MR) is 133 cm³/mol. The van der Waals surface area contributed by atoms with Gasteiger partial charge in [0.2, 0.25) is 5.91 Å². The second-order valence-electron chi connectivity index (χ2n) is 9.11. The van der Waals surface area contributed by atoms with E-state index in [-0.39, 0.29) is 11.6 Å². The summed E-state index contributed by atoms with van der Waals surface area (Å²) >= 11 is 1.10. The van der Waals surface area contributed by atoms with Crippen LogP contribution >= 0.6 is 11.8 Å². The summed E-state index contributed by atoms with van der Waals surface area (Å²) in [6.45, 7) is 8.09. The van der Waals surface area contributed by atoms with E-state index in [1.54, 1.807) is 32.9 Å². The minimum absolute atomic E-state index is 0.169. The molecule has 1 aromatic carbocycles. The number of alkyl carbamates (subject to hydrolysis) is 1. The van der Waals surface area contributed by atoms with Gasteiger partial charge in [-0.15, -0.1) is 0 Å². The molecule has 3 N–H and O–H groups in total. The quantitative estimate of drug-likeness (QED) is 0.559. The molecular weight excluding hydrogens is 464 g/mol. The molecule has 1 unspecified atom stereocenters. The summed E-state index contributed by atoms with van der Waals surface area (Å²) < 4.78 is 5.30. The van der Waals surface area contributed by atoms with E-state index in [2.05, 4.69) is 22.4 Å². The number of amides is 2. The number of nitrogens with zero attached hydrogens (tertiary/aromatic N) is 4. The van der Waals surface area contributed by atoms with Gasteiger partial charge >= 0.3 is 6.09 Å². The lowest BCUT2D eigenvalue weighted by Crippen LogP contribution is -2.60. The highest BCUT2D eigenvalue weighted by Gasteiger charge is 2.34. The Kier molecular flexibility index (Phi) is 7.88. The molecule has 0 spiro atoms.